The summed E-state index contributed by atoms with van der Waals surface area (Å²) in [4.78, 5) is 36.7. The Morgan fingerprint density at radius 1 is 1.04 bits per heavy atom. The lowest BCUT2D eigenvalue weighted by molar-refractivity contribution is -0.143. The third-order valence-corrected chi connectivity index (χ3v) is 4.71. The van der Waals surface area contributed by atoms with Crippen molar-refractivity contribution < 1.29 is 19.5 Å². The molecule has 7 heteroatoms. The molecule has 0 aliphatic heterocycles. The van der Waals surface area contributed by atoms with E-state index in [1.54, 1.807) is 6.92 Å². The number of carboxylic acids is 1. The van der Waals surface area contributed by atoms with Crippen LogP contribution in [0, 0.1) is 11.8 Å². The first kappa shape index (κ1) is 22.6. The average molecular weight is 377 g/mol. The molecular weight excluding hydrogens is 346 g/mol. The van der Waals surface area contributed by atoms with Crippen LogP contribution in [0.3, 0.4) is 0 Å². The topological polar surface area (TPSA) is 122 Å². The van der Waals surface area contributed by atoms with Crippen LogP contribution >= 0.6 is 0 Å². The summed E-state index contributed by atoms with van der Waals surface area (Å²) >= 11 is 0. The molecule has 150 valence electrons. The molecule has 0 aliphatic carbocycles. The Labute approximate surface area is 160 Å². The smallest absolute Gasteiger partial charge is 0.326 e. The number of hydrogen-bond acceptors (Lipinski definition) is 4. The van der Waals surface area contributed by atoms with Gasteiger partial charge in [0.15, 0.2) is 0 Å². The van der Waals surface area contributed by atoms with Crippen LogP contribution in [-0.4, -0.2) is 41.0 Å². The highest BCUT2D eigenvalue weighted by atomic mass is 16.4. The molecule has 27 heavy (non-hydrogen) atoms. The number of nitrogens with two attached hydrogens (primary N) is 1. The molecule has 1 rings (SSSR count). The van der Waals surface area contributed by atoms with Crippen molar-refractivity contribution in [3.8, 4) is 0 Å². The van der Waals surface area contributed by atoms with Crippen LogP contribution in [0.5, 0.6) is 0 Å². The first-order chi connectivity index (χ1) is 12.7. The van der Waals surface area contributed by atoms with E-state index in [-0.39, 0.29) is 18.3 Å². The summed E-state index contributed by atoms with van der Waals surface area (Å²) in [5, 5.41) is 14.7. The second-order valence-corrected chi connectivity index (χ2v) is 7.23. The van der Waals surface area contributed by atoms with Gasteiger partial charge in [-0.3, -0.25) is 9.59 Å². The minimum absolute atomic E-state index is 0.0858. The van der Waals surface area contributed by atoms with Gasteiger partial charge in [0, 0.05) is 6.42 Å². The number of rotatable bonds is 10. The first-order valence-corrected chi connectivity index (χ1v) is 9.30. The normalized spacial score (nSPS) is 15.5. The van der Waals surface area contributed by atoms with Crippen LogP contribution in [0.1, 0.15) is 39.7 Å². The van der Waals surface area contributed by atoms with Crippen molar-refractivity contribution in [3.63, 3.8) is 0 Å². The zero-order chi connectivity index (χ0) is 20.6. The van der Waals surface area contributed by atoms with E-state index < -0.39 is 35.9 Å². The highest BCUT2D eigenvalue weighted by molar-refractivity contribution is 5.92. The lowest BCUT2D eigenvalue weighted by Gasteiger charge is -2.26. The average Bonchev–Trinajstić information content (AvgIpc) is 2.64. The van der Waals surface area contributed by atoms with Crippen molar-refractivity contribution in [2.75, 3.05) is 0 Å². The Morgan fingerprint density at radius 2 is 1.63 bits per heavy atom. The Kier molecular flexibility index (Phi) is 8.94. The molecule has 0 radical (unpaired) electrons. The van der Waals surface area contributed by atoms with Gasteiger partial charge in [0.05, 0.1) is 6.04 Å². The molecule has 4 atom stereocenters. The Morgan fingerprint density at radius 3 is 2.11 bits per heavy atom. The molecule has 2 amide bonds. The maximum Gasteiger partial charge on any atom is 0.326 e. The SMILES string of the molecule is CC[C@H](C)[C@H](NC(=O)[C@H](Cc1ccccc1)NC(=O)[C@@H](N)C(C)C)C(=O)O. The van der Waals surface area contributed by atoms with Crippen LogP contribution in [0.2, 0.25) is 0 Å². The fraction of sp³-hybridized carbons (Fsp3) is 0.550. The number of aliphatic carboxylic acids is 1. The first-order valence-electron chi connectivity index (χ1n) is 9.30. The zero-order valence-electron chi connectivity index (χ0n) is 16.4. The summed E-state index contributed by atoms with van der Waals surface area (Å²) in [6.45, 7) is 7.26. The predicted molar refractivity (Wildman–Crippen MR) is 104 cm³/mol. The van der Waals surface area contributed by atoms with Crippen LogP contribution < -0.4 is 16.4 Å². The van der Waals surface area contributed by atoms with E-state index in [0.29, 0.717) is 6.42 Å². The van der Waals surface area contributed by atoms with E-state index in [0.717, 1.165) is 5.56 Å². The molecule has 0 spiro atoms. The van der Waals surface area contributed by atoms with Gasteiger partial charge in [0.2, 0.25) is 11.8 Å². The van der Waals surface area contributed by atoms with Gasteiger partial charge < -0.3 is 21.5 Å². The number of carbonyl (C=O) groups excluding carboxylic acids is 2. The van der Waals surface area contributed by atoms with Gasteiger partial charge in [-0.15, -0.1) is 0 Å². The highest BCUT2D eigenvalue weighted by Gasteiger charge is 2.30. The van der Waals surface area contributed by atoms with Gasteiger partial charge in [-0.05, 0) is 17.4 Å². The second-order valence-electron chi connectivity index (χ2n) is 7.23. The van der Waals surface area contributed by atoms with Crippen molar-refractivity contribution in [2.24, 2.45) is 17.6 Å². The largest absolute Gasteiger partial charge is 0.480 e. The monoisotopic (exact) mass is 377 g/mol. The summed E-state index contributed by atoms with van der Waals surface area (Å²) < 4.78 is 0. The molecule has 0 fully saturated rings. The Hall–Kier alpha value is -2.41. The maximum atomic E-state index is 12.8. The lowest BCUT2D eigenvalue weighted by Crippen LogP contribution is -2.57. The third kappa shape index (κ3) is 7.02. The van der Waals surface area contributed by atoms with E-state index >= 15 is 0 Å². The molecule has 0 saturated carbocycles. The summed E-state index contributed by atoms with van der Waals surface area (Å²) in [5.41, 5.74) is 6.74. The van der Waals surface area contributed by atoms with E-state index in [1.807, 2.05) is 51.1 Å². The number of carboxylic acid groups (broad SMARTS) is 1. The predicted octanol–water partition coefficient (Wildman–Crippen LogP) is 1.31. The summed E-state index contributed by atoms with van der Waals surface area (Å²) in [6.07, 6.45) is 0.848. The Bertz CT molecular complexity index is 633. The maximum absolute atomic E-state index is 12.8. The summed E-state index contributed by atoms with van der Waals surface area (Å²) in [6, 6.07) is 6.55. The number of hydrogen-bond donors (Lipinski definition) is 4. The fourth-order valence-corrected chi connectivity index (χ4v) is 2.57. The van der Waals surface area contributed by atoms with E-state index in [9.17, 15) is 19.5 Å². The van der Waals surface area contributed by atoms with Crippen molar-refractivity contribution in [1.82, 2.24) is 10.6 Å². The highest BCUT2D eigenvalue weighted by Crippen LogP contribution is 2.10. The van der Waals surface area contributed by atoms with Crippen molar-refractivity contribution in [2.45, 2.75) is 58.7 Å². The molecule has 0 bridgehead atoms. The molecule has 0 unspecified atom stereocenters. The molecule has 0 saturated heterocycles. The second kappa shape index (κ2) is 10.7. The van der Waals surface area contributed by atoms with Crippen molar-refractivity contribution >= 4 is 17.8 Å². The minimum Gasteiger partial charge on any atom is -0.480 e. The van der Waals surface area contributed by atoms with Crippen LogP contribution in [0.4, 0.5) is 0 Å². The van der Waals surface area contributed by atoms with Gasteiger partial charge in [-0.1, -0.05) is 64.4 Å². The number of carbonyl (C=O) groups is 3. The number of nitrogens with one attached hydrogen (secondary N) is 2. The van der Waals surface area contributed by atoms with Crippen LogP contribution in [-0.2, 0) is 20.8 Å². The van der Waals surface area contributed by atoms with Crippen LogP contribution in [0.15, 0.2) is 30.3 Å². The molecule has 0 aromatic heterocycles. The van der Waals surface area contributed by atoms with Gasteiger partial charge in [0.1, 0.15) is 12.1 Å². The molecule has 1 aromatic rings. The number of amides is 2. The van der Waals surface area contributed by atoms with Gasteiger partial charge >= 0.3 is 5.97 Å². The van der Waals surface area contributed by atoms with Gasteiger partial charge in [-0.2, -0.15) is 0 Å². The lowest BCUT2D eigenvalue weighted by atomic mass is 9.97. The van der Waals surface area contributed by atoms with E-state index in [2.05, 4.69) is 10.6 Å². The summed E-state index contributed by atoms with van der Waals surface area (Å²) in [7, 11) is 0. The zero-order valence-corrected chi connectivity index (χ0v) is 16.4. The quantitative estimate of drug-likeness (QED) is 0.490. The minimum atomic E-state index is -1.10. The third-order valence-electron chi connectivity index (χ3n) is 4.71. The van der Waals surface area contributed by atoms with E-state index in [4.69, 9.17) is 5.73 Å². The van der Waals surface area contributed by atoms with E-state index in [1.165, 1.54) is 0 Å². The number of benzene rings is 1. The summed E-state index contributed by atoms with van der Waals surface area (Å²) in [5.74, 6) is -2.39. The fourth-order valence-electron chi connectivity index (χ4n) is 2.57. The van der Waals surface area contributed by atoms with Gasteiger partial charge in [0.25, 0.3) is 0 Å². The molecule has 0 aliphatic rings. The molecule has 5 N–H and O–H groups in total. The van der Waals surface area contributed by atoms with Crippen molar-refractivity contribution in [3.05, 3.63) is 35.9 Å². The standard InChI is InChI=1S/C20H31N3O4/c1-5-13(4)17(20(26)27)23-18(24)15(11-14-9-7-6-8-10-14)22-19(25)16(21)12(2)3/h6-10,12-13,15-17H,5,11,21H2,1-4H3,(H,22,25)(H,23,24)(H,26,27)/t13-,15-,16-,17-/m0/s1. The van der Waals surface area contributed by atoms with Crippen molar-refractivity contribution in [1.29, 1.82) is 0 Å². The van der Waals surface area contributed by atoms with Crippen LogP contribution in [0.25, 0.3) is 0 Å². The molecule has 7 nitrogen and oxygen atoms in total. The molecule has 0 heterocycles. The molecule has 1 aromatic carbocycles. The Balaban J connectivity index is 2.99. The molecular formula is C20H31N3O4. The van der Waals surface area contributed by atoms with Gasteiger partial charge in [-0.25, -0.2) is 4.79 Å².